The third kappa shape index (κ3) is 4.02. The summed E-state index contributed by atoms with van der Waals surface area (Å²) in [5.74, 6) is -0.849. The van der Waals surface area contributed by atoms with Gasteiger partial charge < -0.3 is 10.4 Å². The van der Waals surface area contributed by atoms with Gasteiger partial charge >= 0.3 is 6.03 Å². The summed E-state index contributed by atoms with van der Waals surface area (Å²) >= 11 is 0.752. The number of thiophene rings is 1. The van der Waals surface area contributed by atoms with Gasteiger partial charge in [0, 0.05) is 16.0 Å². The highest BCUT2D eigenvalue weighted by molar-refractivity contribution is 7.93. The second kappa shape index (κ2) is 7.33. The molecule has 0 aliphatic heterocycles. The molecule has 10 heteroatoms. The predicted octanol–water partition coefficient (Wildman–Crippen LogP) is 4.15. The Morgan fingerprint density at radius 3 is 2.71 bits per heavy atom. The molecule has 0 radical (unpaired) electrons. The van der Waals surface area contributed by atoms with Crippen molar-refractivity contribution in [2.75, 3.05) is 5.32 Å². The Hall–Kier alpha value is -1.88. The molecule has 0 unspecified atom stereocenters. The molecule has 2 aromatic heterocycles. The van der Waals surface area contributed by atoms with Gasteiger partial charge in [-0.25, -0.2) is 18.5 Å². The Kier molecular flexibility index (Phi) is 5.28. The van der Waals surface area contributed by atoms with E-state index in [2.05, 4.69) is 23.5 Å². The molecule has 1 atom stereocenters. The molecule has 0 fully saturated rings. The average molecular weight is 467 g/mol. The second-order valence-corrected chi connectivity index (χ2v) is 12.4. The lowest BCUT2D eigenvalue weighted by molar-refractivity contribution is 0.0823. The monoisotopic (exact) mass is 466 g/mol. The first-order valence-electron chi connectivity index (χ1n) is 10.2. The summed E-state index contributed by atoms with van der Waals surface area (Å²) in [4.78, 5) is 17.9. The summed E-state index contributed by atoms with van der Waals surface area (Å²) in [7, 11) is -3.82. The number of rotatable bonds is 3. The maximum absolute atomic E-state index is 14.4. The number of hydrogen-bond acceptors (Lipinski definition) is 5. The zero-order valence-electron chi connectivity index (χ0n) is 18.0. The second-order valence-electron chi connectivity index (χ2n) is 9.37. The maximum Gasteiger partial charge on any atom is 0.354 e. The largest absolute Gasteiger partial charge is 0.385 e. The van der Waals surface area contributed by atoms with Crippen molar-refractivity contribution in [2.45, 2.75) is 75.0 Å². The first kappa shape index (κ1) is 22.3. The fourth-order valence-corrected chi connectivity index (χ4v) is 6.62. The standard InChI is InChI=1S/C21H27FN4O3S2/c1-20(2)9-8-12-16(11-6-5-7-14(11)24-17(12)20)25-19(27)26-31(23,29)18-13(22)10-15(30-18)21(3,4)28/h10,28H,5-9H2,1-4H3,(H3,23,24,25,26,27,29)/t31-/m0/s1. The minimum atomic E-state index is -3.82. The lowest BCUT2D eigenvalue weighted by atomic mass is 9.90. The van der Waals surface area contributed by atoms with Gasteiger partial charge in [0.1, 0.15) is 0 Å². The fraction of sp³-hybridized carbons (Fsp3) is 0.524. The number of hydrogen-bond donors (Lipinski definition) is 3. The van der Waals surface area contributed by atoms with E-state index in [0.717, 1.165) is 72.0 Å². The molecule has 0 spiro atoms. The van der Waals surface area contributed by atoms with E-state index in [-0.39, 0.29) is 14.5 Å². The van der Waals surface area contributed by atoms with Gasteiger partial charge in [-0.2, -0.15) is 0 Å². The quantitative estimate of drug-likeness (QED) is 0.630. The molecule has 7 nitrogen and oxygen atoms in total. The Bertz CT molecular complexity index is 1200. The highest BCUT2D eigenvalue weighted by Gasteiger charge is 2.36. The molecule has 2 aromatic rings. The molecule has 2 aliphatic carbocycles. The number of fused-ring (bicyclic) bond motifs is 2. The van der Waals surface area contributed by atoms with Crippen LogP contribution in [-0.2, 0) is 40.2 Å². The molecule has 2 heterocycles. The van der Waals surface area contributed by atoms with Crippen molar-refractivity contribution in [3.8, 4) is 0 Å². The van der Waals surface area contributed by atoms with Gasteiger partial charge in [0.05, 0.1) is 17.0 Å². The molecule has 31 heavy (non-hydrogen) atoms. The Morgan fingerprint density at radius 2 is 2.06 bits per heavy atom. The number of halogens is 1. The summed E-state index contributed by atoms with van der Waals surface area (Å²) in [5.41, 5.74) is 3.23. The van der Waals surface area contributed by atoms with Gasteiger partial charge in [-0.3, -0.25) is 4.98 Å². The van der Waals surface area contributed by atoms with E-state index in [9.17, 15) is 18.5 Å². The number of urea groups is 1. The molecular weight excluding hydrogens is 439 g/mol. The number of nitrogens with two attached hydrogens (primary N) is 1. The third-order valence-corrected chi connectivity index (χ3v) is 9.29. The topological polar surface area (TPSA) is 118 Å². The summed E-state index contributed by atoms with van der Waals surface area (Å²) in [6, 6.07) is 0.197. The van der Waals surface area contributed by atoms with E-state index in [4.69, 9.17) is 10.1 Å². The van der Waals surface area contributed by atoms with Gasteiger partial charge in [-0.15, -0.1) is 15.7 Å². The Morgan fingerprint density at radius 1 is 1.35 bits per heavy atom. The smallest absolute Gasteiger partial charge is 0.354 e. The number of aliphatic hydroxyl groups is 1. The zero-order valence-corrected chi connectivity index (χ0v) is 19.7. The number of nitrogens with one attached hydrogen (secondary N) is 1. The lowest BCUT2D eigenvalue weighted by Crippen LogP contribution is -2.20. The van der Waals surface area contributed by atoms with Crippen LogP contribution in [0.3, 0.4) is 0 Å². The number of nitrogens with zero attached hydrogens (tertiary/aromatic N) is 2. The average Bonchev–Trinajstić information content (AvgIpc) is 3.32. The number of carbonyl (C=O) groups is 1. The Labute approximate surface area is 185 Å². The highest BCUT2D eigenvalue weighted by atomic mass is 32.2. The van der Waals surface area contributed by atoms with Gasteiger partial charge in [0.25, 0.3) is 0 Å². The van der Waals surface area contributed by atoms with Crippen LogP contribution in [0.25, 0.3) is 0 Å². The molecule has 4 N–H and O–H groups in total. The third-order valence-electron chi connectivity index (χ3n) is 5.94. The Balaban J connectivity index is 1.71. The minimum absolute atomic E-state index is 0.0847. The normalized spacial score (nSPS) is 18.9. The molecule has 0 bridgehead atoms. The number of aromatic nitrogens is 1. The number of aryl methyl sites for hydroxylation is 1. The minimum Gasteiger partial charge on any atom is -0.385 e. The van der Waals surface area contributed by atoms with E-state index < -0.39 is 27.4 Å². The van der Waals surface area contributed by atoms with Gasteiger partial charge in [0.15, 0.2) is 19.9 Å². The number of anilines is 1. The summed E-state index contributed by atoms with van der Waals surface area (Å²) in [5, 5.41) is 18.7. The van der Waals surface area contributed by atoms with Crippen molar-refractivity contribution in [1.82, 2.24) is 4.98 Å². The summed E-state index contributed by atoms with van der Waals surface area (Å²) in [6.07, 6.45) is 4.32. The maximum atomic E-state index is 14.4. The van der Waals surface area contributed by atoms with Crippen LogP contribution in [0.4, 0.5) is 14.9 Å². The number of amides is 2. The number of pyridine rings is 1. The van der Waals surface area contributed by atoms with Crippen LogP contribution in [0.1, 0.15) is 67.9 Å². The first-order valence-corrected chi connectivity index (χ1v) is 12.6. The zero-order chi connectivity index (χ0) is 22.8. The van der Waals surface area contributed by atoms with Crippen LogP contribution in [0.2, 0.25) is 0 Å². The van der Waals surface area contributed by atoms with Crippen molar-refractivity contribution < 1.29 is 18.5 Å². The van der Waals surface area contributed by atoms with Crippen LogP contribution < -0.4 is 10.5 Å². The SMILES string of the molecule is CC(C)(O)c1cc(F)c([S@@](N)(=O)=NC(=O)Nc2c3c(nc4c2CCC4(C)C)CCC3)s1. The molecule has 4 rings (SSSR count). The van der Waals surface area contributed by atoms with Crippen LogP contribution >= 0.6 is 11.3 Å². The van der Waals surface area contributed by atoms with Crippen molar-refractivity contribution in [3.05, 3.63) is 39.3 Å². The number of carbonyl (C=O) groups excluding carboxylic acids is 1. The van der Waals surface area contributed by atoms with E-state index >= 15 is 0 Å². The van der Waals surface area contributed by atoms with E-state index in [0.29, 0.717) is 5.69 Å². The molecule has 168 valence electrons. The van der Waals surface area contributed by atoms with Crippen molar-refractivity contribution in [1.29, 1.82) is 0 Å². The van der Waals surface area contributed by atoms with Crippen molar-refractivity contribution >= 4 is 33.0 Å². The predicted molar refractivity (Wildman–Crippen MR) is 119 cm³/mol. The summed E-state index contributed by atoms with van der Waals surface area (Å²) in [6.45, 7) is 7.23. The fourth-order valence-electron chi connectivity index (χ4n) is 4.28. The van der Waals surface area contributed by atoms with Gasteiger partial charge in [0.2, 0.25) is 0 Å². The van der Waals surface area contributed by atoms with Crippen LogP contribution in [0, 0.1) is 5.82 Å². The lowest BCUT2D eigenvalue weighted by Gasteiger charge is -2.20. The summed E-state index contributed by atoms with van der Waals surface area (Å²) < 4.78 is 30.6. The molecule has 2 amide bonds. The molecular formula is C21H27FN4O3S2. The highest BCUT2D eigenvalue weighted by Crippen LogP contribution is 2.44. The molecule has 0 saturated heterocycles. The van der Waals surface area contributed by atoms with Crippen molar-refractivity contribution in [3.63, 3.8) is 0 Å². The van der Waals surface area contributed by atoms with E-state index in [1.807, 2.05) is 0 Å². The molecule has 2 aliphatic rings. The van der Waals surface area contributed by atoms with Gasteiger partial charge in [-0.05, 0) is 63.1 Å². The molecule has 0 aromatic carbocycles. The molecule has 0 saturated carbocycles. The van der Waals surface area contributed by atoms with E-state index in [1.165, 1.54) is 13.8 Å². The van der Waals surface area contributed by atoms with E-state index in [1.54, 1.807) is 0 Å². The van der Waals surface area contributed by atoms with Crippen LogP contribution in [0.5, 0.6) is 0 Å². The van der Waals surface area contributed by atoms with Crippen molar-refractivity contribution in [2.24, 2.45) is 9.50 Å². The first-order chi connectivity index (χ1) is 14.3. The van der Waals surface area contributed by atoms with Crippen LogP contribution in [0.15, 0.2) is 14.6 Å². The van der Waals surface area contributed by atoms with Gasteiger partial charge in [-0.1, -0.05) is 13.8 Å². The van der Waals surface area contributed by atoms with Crippen LogP contribution in [-0.4, -0.2) is 20.3 Å².